The average Bonchev–Trinajstić information content (AvgIpc) is 2.28. The SMILES string of the molecule is C=C1Nc2cc(C)ccc2C1C. The van der Waals surface area contributed by atoms with Crippen LogP contribution >= 0.6 is 0 Å². The van der Waals surface area contributed by atoms with E-state index in [-0.39, 0.29) is 0 Å². The van der Waals surface area contributed by atoms with Crippen LogP contribution in [0.2, 0.25) is 0 Å². The normalized spacial score (nSPS) is 20.5. The highest BCUT2D eigenvalue weighted by atomic mass is 14.9. The summed E-state index contributed by atoms with van der Waals surface area (Å²) >= 11 is 0. The smallest absolute Gasteiger partial charge is 0.0423 e. The number of hydrogen-bond donors (Lipinski definition) is 1. The fourth-order valence-electron chi connectivity index (χ4n) is 1.62. The van der Waals surface area contributed by atoms with Crippen LogP contribution in [0.5, 0.6) is 0 Å². The lowest BCUT2D eigenvalue weighted by Crippen LogP contribution is -1.91. The summed E-state index contributed by atoms with van der Waals surface area (Å²) in [6.07, 6.45) is 0. The molecule has 0 radical (unpaired) electrons. The molecule has 2 rings (SSSR count). The van der Waals surface area contributed by atoms with Gasteiger partial charge in [0.15, 0.2) is 0 Å². The van der Waals surface area contributed by atoms with Gasteiger partial charge in [0, 0.05) is 17.3 Å². The zero-order valence-electron chi connectivity index (χ0n) is 7.52. The van der Waals surface area contributed by atoms with Crippen molar-refractivity contribution in [1.82, 2.24) is 0 Å². The second-order valence-corrected chi connectivity index (χ2v) is 3.46. The zero-order valence-corrected chi connectivity index (χ0v) is 7.52. The maximum absolute atomic E-state index is 3.97. The Kier molecular flexibility index (Phi) is 1.47. The van der Waals surface area contributed by atoms with Gasteiger partial charge in [-0.3, -0.25) is 0 Å². The van der Waals surface area contributed by atoms with Crippen molar-refractivity contribution in [2.75, 3.05) is 5.32 Å². The van der Waals surface area contributed by atoms with Crippen molar-refractivity contribution in [1.29, 1.82) is 0 Å². The van der Waals surface area contributed by atoms with Crippen molar-refractivity contribution in [2.24, 2.45) is 0 Å². The van der Waals surface area contributed by atoms with Gasteiger partial charge in [-0.2, -0.15) is 0 Å². The Morgan fingerprint density at radius 3 is 2.92 bits per heavy atom. The molecule has 1 aliphatic heterocycles. The van der Waals surface area contributed by atoms with E-state index in [2.05, 4.69) is 43.9 Å². The summed E-state index contributed by atoms with van der Waals surface area (Å²) < 4.78 is 0. The van der Waals surface area contributed by atoms with Crippen LogP contribution in [-0.2, 0) is 0 Å². The summed E-state index contributed by atoms with van der Waals surface area (Å²) in [5.41, 5.74) is 5.00. The Morgan fingerprint density at radius 1 is 1.42 bits per heavy atom. The van der Waals surface area contributed by atoms with Gasteiger partial charge in [-0.15, -0.1) is 0 Å². The Hall–Kier alpha value is -1.24. The first-order valence-corrected chi connectivity index (χ1v) is 4.25. The molecule has 1 aliphatic rings. The maximum Gasteiger partial charge on any atom is 0.0423 e. The predicted molar refractivity (Wildman–Crippen MR) is 52.4 cm³/mol. The van der Waals surface area contributed by atoms with Crippen molar-refractivity contribution in [2.45, 2.75) is 19.8 Å². The van der Waals surface area contributed by atoms with E-state index in [9.17, 15) is 0 Å². The van der Waals surface area contributed by atoms with Crippen LogP contribution in [-0.4, -0.2) is 0 Å². The third kappa shape index (κ3) is 0.934. The molecule has 0 bridgehead atoms. The van der Waals surface area contributed by atoms with Crippen molar-refractivity contribution >= 4 is 5.69 Å². The lowest BCUT2D eigenvalue weighted by atomic mass is 10.0. The molecule has 1 heterocycles. The first kappa shape index (κ1) is 7.41. The lowest BCUT2D eigenvalue weighted by molar-refractivity contribution is 0.952. The summed E-state index contributed by atoms with van der Waals surface area (Å²) in [5.74, 6) is 0.459. The number of nitrogens with one attached hydrogen (secondary N) is 1. The molecular formula is C11H13N. The van der Waals surface area contributed by atoms with Crippen molar-refractivity contribution in [3.05, 3.63) is 41.6 Å². The predicted octanol–water partition coefficient (Wildman–Crippen LogP) is 3.04. The molecule has 0 aliphatic carbocycles. The summed E-state index contributed by atoms with van der Waals surface area (Å²) in [7, 11) is 0. The number of rotatable bonds is 0. The van der Waals surface area contributed by atoms with Crippen LogP contribution < -0.4 is 5.32 Å². The molecule has 1 N–H and O–H groups in total. The van der Waals surface area contributed by atoms with E-state index >= 15 is 0 Å². The van der Waals surface area contributed by atoms with E-state index in [0.717, 1.165) is 5.70 Å². The molecule has 0 fully saturated rings. The molecule has 1 aromatic carbocycles. The van der Waals surface area contributed by atoms with Gasteiger partial charge in [0.2, 0.25) is 0 Å². The lowest BCUT2D eigenvalue weighted by Gasteiger charge is -2.02. The highest BCUT2D eigenvalue weighted by Crippen LogP contribution is 2.37. The third-order valence-corrected chi connectivity index (χ3v) is 2.49. The van der Waals surface area contributed by atoms with Crippen LogP contribution in [0, 0.1) is 6.92 Å². The molecule has 0 amide bonds. The Bertz CT molecular complexity index is 339. The van der Waals surface area contributed by atoms with Gasteiger partial charge >= 0.3 is 0 Å². The molecule has 0 saturated heterocycles. The van der Waals surface area contributed by atoms with Gasteiger partial charge in [0.05, 0.1) is 0 Å². The van der Waals surface area contributed by atoms with Crippen molar-refractivity contribution in [3.8, 4) is 0 Å². The van der Waals surface area contributed by atoms with Crippen LogP contribution in [0.25, 0.3) is 0 Å². The standard InChI is InChI=1S/C11H13N/c1-7-4-5-10-8(2)9(3)12-11(10)6-7/h4-6,8,12H,3H2,1-2H3. The molecule has 1 atom stereocenters. The molecule has 62 valence electrons. The number of fused-ring (bicyclic) bond motifs is 1. The van der Waals surface area contributed by atoms with E-state index in [1.165, 1.54) is 16.8 Å². The summed E-state index contributed by atoms with van der Waals surface area (Å²) in [4.78, 5) is 0. The molecule has 0 saturated carbocycles. The minimum atomic E-state index is 0.459. The van der Waals surface area contributed by atoms with E-state index < -0.39 is 0 Å². The number of hydrogen-bond acceptors (Lipinski definition) is 1. The fraction of sp³-hybridized carbons (Fsp3) is 0.273. The van der Waals surface area contributed by atoms with Crippen LogP contribution in [0.15, 0.2) is 30.5 Å². The minimum Gasteiger partial charge on any atom is -0.359 e. The fourth-order valence-corrected chi connectivity index (χ4v) is 1.62. The topological polar surface area (TPSA) is 12.0 Å². The second-order valence-electron chi connectivity index (χ2n) is 3.46. The zero-order chi connectivity index (χ0) is 8.72. The van der Waals surface area contributed by atoms with Crippen molar-refractivity contribution in [3.63, 3.8) is 0 Å². The van der Waals surface area contributed by atoms with Gasteiger partial charge in [0.1, 0.15) is 0 Å². The monoisotopic (exact) mass is 159 g/mol. The largest absolute Gasteiger partial charge is 0.359 e. The summed E-state index contributed by atoms with van der Waals surface area (Å²) in [5, 5.41) is 3.29. The number of allylic oxidation sites excluding steroid dienone is 1. The minimum absolute atomic E-state index is 0.459. The Morgan fingerprint density at radius 2 is 2.17 bits per heavy atom. The third-order valence-electron chi connectivity index (χ3n) is 2.49. The van der Waals surface area contributed by atoms with Gasteiger partial charge in [-0.1, -0.05) is 25.6 Å². The first-order chi connectivity index (χ1) is 5.68. The van der Waals surface area contributed by atoms with E-state index in [0.29, 0.717) is 5.92 Å². The number of benzene rings is 1. The Balaban J connectivity index is 2.54. The van der Waals surface area contributed by atoms with Crippen molar-refractivity contribution < 1.29 is 0 Å². The highest BCUT2D eigenvalue weighted by Gasteiger charge is 2.20. The molecule has 0 spiro atoms. The highest BCUT2D eigenvalue weighted by molar-refractivity contribution is 5.65. The first-order valence-electron chi connectivity index (χ1n) is 4.25. The van der Waals surface area contributed by atoms with Crippen LogP contribution in [0.3, 0.4) is 0 Å². The van der Waals surface area contributed by atoms with Gasteiger partial charge in [-0.05, 0) is 24.1 Å². The molecule has 1 nitrogen and oxygen atoms in total. The second kappa shape index (κ2) is 2.37. The van der Waals surface area contributed by atoms with Gasteiger partial charge < -0.3 is 5.32 Å². The molecule has 1 aromatic rings. The summed E-state index contributed by atoms with van der Waals surface area (Å²) in [6.45, 7) is 8.25. The van der Waals surface area contributed by atoms with Crippen LogP contribution in [0.1, 0.15) is 24.0 Å². The van der Waals surface area contributed by atoms with Gasteiger partial charge in [0.25, 0.3) is 0 Å². The molecule has 1 unspecified atom stereocenters. The molecule has 12 heavy (non-hydrogen) atoms. The van der Waals surface area contributed by atoms with Gasteiger partial charge in [-0.25, -0.2) is 0 Å². The molecular weight excluding hydrogens is 146 g/mol. The van der Waals surface area contributed by atoms with E-state index in [1.54, 1.807) is 0 Å². The average molecular weight is 159 g/mol. The Labute approximate surface area is 73.1 Å². The van der Waals surface area contributed by atoms with E-state index in [1.807, 2.05) is 0 Å². The summed E-state index contributed by atoms with van der Waals surface area (Å²) in [6, 6.07) is 6.50. The number of anilines is 1. The number of aryl methyl sites for hydroxylation is 1. The molecule has 0 aromatic heterocycles. The molecule has 1 heteroatoms. The maximum atomic E-state index is 3.97. The van der Waals surface area contributed by atoms with Crippen LogP contribution in [0.4, 0.5) is 5.69 Å². The van der Waals surface area contributed by atoms with E-state index in [4.69, 9.17) is 0 Å². The quantitative estimate of drug-likeness (QED) is 0.613.